The van der Waals surface area contributed by atoms with Crippen LogP contribution in [0.1, 0.15) is 75.0 Å². The number of hydrogen-bond donors (Lipinski definition) is 0. The molecule has 204 valence electrons. The molecule has 37 heavy (non-hydrogen) atoms. The van der Waals surface area contributed by atoms with Crippen LogP contribution in [0.15, 0.2) is 63.1 Å². The maximum Gasteiger partial charge on any atom is 0.0445 e. The zero-order chi connectivity index (χ0) is 26.9. The van der Waals surface area contributed by atoms with E-state index < -0.39 is 18.4 Å². The fourth-order valence-electron chi connectivity index (χ4n) is 3.69. The van der Waals surface area contributed by atoms with Gasteiger partial charge in [-0.15, -0.1) is 34.0 Å². The molecule has 0 nitrogen and oxygen atoms in total. The van der Waals surface area contributed by atoms with Crippen molar-refractivity contribution in [2.45, 2.75) is 92.9 Å². The van der Waals surface area contributed by atoms with E-state index in [1.165, 1.54) is 77.7 Å². The molecule has 4 aromatic rings. The molecule has 0 amide bonds. The van der Waals surface area contributed by atoms with E-state index in [2.05, 4.69) is 97.7 Å². The average Bonchev–Trinajstić information content (AvgIpc) is 3.68. The molecule has 0 aliphatic rings. The first-order valence-electron chi connectivity index (χ1n) is 13.7. The Kier molecular flexibility index (Phi) is 17.3. The zero-order valence-corrected chi connectivity index (χ0v) is 31.1. The van der Waals surface area contributed by atoms with Gasteiger partial charge in [-0.1, -0.05) is 38.3 Å². The summed E-state index contributed by atoms with van der Waals surface area (Å²) in [4.78, 5) is 13.5. The molecule has 6 heteroatoms. The molecule has 0 bridgehead atoms. The molecule has 4 aromatic heterocycles. The predicted octanol–water partition coefficient (Wildman–Crippen LogP) is 12.5. The van der Waals surface area contributed by atoms with Crippen molar-refractivity contribution < 1.29 is 0 Å². The van der Waals surface area contributed by atoms with Gasteiger partial charge in [0.25, 0.3) is 0 Å². The Hall–Kier alpha value is 0.0787. The molecule has 0 N–H and O–H groups in total. The van der Waals surface area contributed by atoms with Gasteiger partial charge in [0.05, 0.1) is 3.79 Å². The molecule has 4 heterocycles. The van der Waals surface area contributed by atoms with Gasteiger partial charge in [-0.3, -0.25) is 0 Å². The third-order valence-electron chi connectivity index (χ3n) is 5.87. The van der Waals surface area contributed by atoms with Crippen LogP contribution in [-0.2, 0) is 12.8 Å². The maximum atomic E-state index is 3.30. The Morgan fingerprint density at radius 1 is 0.622 bits per heavy atom. The smallest absolute Gasteiger partial charge is 0.0445 e. The number of thiophene rings is 4. The summed E-state index contributed by atoms with van der Waals surface area (Å²) in [6.07, 6.45) is 13.5. The fraction of sp³-hybridized carbons (Fsp3) is 0.484. The number of hydrogen-bond acceptors (Lipinski definition) is 4. The molecular formula is C31H45BrS4Sn. The second kappa shape index (κ2) is 19.2. The molecule has 0 saturated heterocycles. The second-order valence-corrected chi connectivity index (χ2v) is 31.3. The largest absolute Gasteiger partial charge is 0.143 e. The molecule has 0 aromatic carbocycles. The Morgan fingerprint density at radius 3 is 1.68 bits per heavy atom. The van der Waals surface area contributed by atoms with Crippen LogP contribution >= 0.6 is 61.3 Å². The minimum Gasteiger partial charge on any atom is -0.143 e. The van der Waals surface area contributed by atoms with Crippen molar-refractivity contribution in [1.82, 2.24) is 0 Å². The van der Waals surface area contributed by atoms with Crippen LogP contribution in [0.5, 0.6) is 0 Å². The standard InChI is InChI=1S/C14H18S2.C10H15S.C4H3BrS.3CH3.Sn/c1-2-3-4-5-7-12-9-10-14(16-12)13-8-6-11-15-13;1-2-3-4-5-7-10-8-6-9-11-10;5-4-2-1-3-6-4;;;;/h6,8-11H,2-5,7H2,1H3;6,8H,2-5,7H2,1H3;1-3H;3*1H3;. The van der Waals surface area contributed by atoms with Crippen molar-refractivity contribution in [3.8, 4) is 9.75 Å². The van der Waals surface area contributed by atoms with Crippen molar-refractivity contribution >= 4 is 82.5 Å². The third-order valence-corrected chi connectivity index (χ3v) is 20.2. The molecule has 0 aliphatic carbocycles. The maximum absolute atomic E-state index is 3.30. The topological polar surface area (TPSA) is 0 Å². The summed E-state index contributed by atoms with van der Waals surface area (Å²) >= 11 is 9.12. The van der Waals surface area contributed by atoms with Crippen molar-refractivity contribution in [1.29, 1.82) is 0 Å². The minimum atomic E-state index is -1.75. The molecule has 0 spiro atoms. The molecular weight excluding hydrogens is 699 g/mol. The molecule has 4 rings (SSSR count). The van der Waals surface area contributed by atoms with Gasteiger partial charge >= 0.3 is 103 Å². The Labute approximate surface area is 255 Å². The van der Waals surface area contributed by atoms with Gasteiger partial charge in [-0.25, -0.2) is 0 Å². The Balaban J connectivity index is 0.000000213. The van der Waals surface area contributed by atoms with Gasteiger partial charge in [0.1, 0.15) is 0 Å². The average molecular weight is 745 g/mol. The van der Waals surface area contributed by atoms with E-state index in [4.69, 9.17) is 0 Å². The van der Waals surface area contributed by atoms with Crippen molar-refractivity contribution in [3.63, 3.8) is 0 Å². The van der Waals surface area contributed by atoms with E-state index in [1.54, 1.807) is 24.0 Å². The predicted molar refractivity (Wildman–Crippen MR) is 183 cm³/mol. The first-order valence-corrected chi connectivity index (χ1v) is 27.9. The van der Waals surface area contributed by atoms with E-state index in [9.17, 15) is 0 Å². The zero-order valence-electron chi connectivity index (χ0n) is 23.4. The van der Waals surface area contributed by atoms with Crippen molar-refractivity contribution in [2.24, 2.45) is 0 Å². The normalized spacial score (nSPS) is 11.0. The summed E-state index contributed by atoms with van der Waals surface area (Å²) < 4.78 is 2.93. The molecule has 0 atom stereocenters. The molecule has 0 unspecified atom stereocenters. The third kappa shape index (κ3) is 14.3. The van der Waals surface area contributed by atoms with E-state index in [0.717, 1.165) is 0 Å². The molecule has 0 radical (unpaired) electrons. The van der Waals surface area contributed by atoms with Crippen LogP contribution in [0.2, 0.25) is 14.8 Å². The summed E-state index contributed by atoms with van der Waals surface area (Å²) in [5.74, 6) is 0. The van der Waals surface area contributed by atoms with E-state index >= 15 is 0 Å². The second-order valence-electron chi connectivity index (χ2n) is 10.3. The van der Waals surface area contributed by atoms with Gasteiger partial charge in [0.15, 0.2) is 0 Å². The number of aryl methyl sites for hydroxylation is 2. The van der Waals surface area contributed by atoms with Gasteiger partial charge in [-0.2, -0.15) is 0 Å². The van der Waals surface area contributed by atoms with Crippen molar-refractivity contribution in [3.05, 3.63) is 72.8 Å². The monoisotopic (exact) mass is 744 g/mol. The molecule has 0 saturated carbocycles. The number of unbranched alkanes of at least 4 members (excludes halogenated alkanes) is 6. The summed E-state index contributed by atoms with van der Waals surface area (Å²) in [5.41, 5.74) is 0. The Morgan fingerprint density at radius 2 is 1.22 bits per heavy atom. The van der Waals surface area contributed by atoms with Gasteiger partial charge < -0.3 is 0 Å². The first kappa shape index (κ1) is 33.3. The van der Waals surface area contributed by atoms with Crippen LogP contribution in [0.25, 0.3) is 9.75 Å². The summed E-state index contributed by atoms with van der Waals surface area (Å²) in [6, 6.07) is 17.7. The number of rotatable bonds is 12. The minimum absolute atomic E-state index is 1.20. The van der Waals surface area contributed by atoms with E-state index in [0.29, 0.717) is 0 Å². The van der Waals surface area contributed by atoms with Crippen LogP contribution in [-0.4, -0.2) is 18.4 Å². The summed E-state index contributed by atoms with van der Waals surface area (Å²) in [6.45, 7) is 4.54. The van der Waals surface area contributed by atoms with Gasteiger partial charge in [0.2, 0.25) is 0 Å². The van der Waals surface area contributed by atoms with Crippen LogP contribution in [0.4, 0.5) is 0 Å². The van der Waals surface area contributed by atoms with Crippen LogP contribution in [0, 0.1) is 0 Å². The van der Waals surface area contributed by atoms with Crippen molar-refractivity contribution in [2.75, 3.05) is 0 Å². The number of halogens is 1. The summed E-state index contributed by atoms with van der Waals surface area (Å²) in [7, 11) is 0. The first-order chi connectivity index (χ1) is 17.8. The van der Waals surface area contributed by atoms with Gasteiger partial charge in [0, 0.05) is 14.6 Å². The van der Waals surface area contributed by atoms with Crippen LogP contribution in [0.3, 0.4) is 0 Å². The van der Waals surface area contributed by atoms with E-state index in [1.807, 2.05) is 40.2 Å². The van der Waals surface area contributed by atoms with Crippen LogP contribution < -0.4 is 2.89 Å². The summed E-state index contributed by atoms with van der Waals surface area (Å²) in [5, 5.41) is 4.18. The Bertz CT molecular complexity index is 1060. The molecule has 0 fully saturated rings. The quantitative estimate of drug-likeness (QED) is 0.100. The fourth-order valence-corrected chi connectivity index (χ4v) is 13.0. The molecule has 0 aliphatic heterocycles. The van der Waals surface area contributed by atoms with E-state index in [-0.39, 0.29) is 0 Å². The SMILES string of the molecule is Brc1cccs1.CCCCCCc1cc[c]([Sn]([CH3])([CH3])[CH3])s1.CCCCCCc1ccc(-c2cccs2)s1. The van der Waals surface area contributed by atoms with Gasteiger partial charge in [-0.05, 0) is 63.8 Å².